The first-order valence-electron chi connectivity index (χ1n) is 10.2. The summed E-state index contributed by atoms with van der Waals surface area (Å²) in [7, 11) is 0. The monoisotopic (exact) mass is 448 g/mol. The molecule has 0 radical (unpaired) electrons. The summed E-state index contributed by atoms with van der Waals surface area (Å²) in [4.78, 5) is 42.0. The maximum Gasteiger partial charge on any atom is 0.318 e. The molecule has 2 aromatic carbocycles. The van der Waals surface area contributed by atoms with Crippen LogP contribution in [-0.4, -0.2) is 20.0 Å². The number of hydrogen-bond acceptors (Lipinski definition) is 4. The Balaban J connectivity index is 1.55. The second-order valence-electron chi connectivity index (χ2n) is 7.30. The van der Waals surface area contributed by atoms with Crippen molar-refractivity contribution in [1.29, 1.82) is 0 Å². The number of fused-ring (bicyclic) bond motifs is 1. The number of halogens is 1. The van der Waals surface area contributed by atoms with Crippen molar-refractivity contribution in [1.82, 2.24) is 19.4 Å². The first-order valence-corrected chi connectivity index (χ1v) is 10.6. The Labute approximate surface area is 188 Å². The van der Waals surface area contributed by atoms with E-state index >= 15 is 0 Å². The zero-order valence-electron chi connectivity index (χ0n) is 17.4. The van der Waals surface area contributed by atoms with Crippen molar-refractivity contribution in [2.45, 2.75) is 26.6 Å². The predicted octanol–water partition coefficient (Wildman–Crippen LogP) is 3.21. The summed E-state index contributed by atoms with van der Waals surface area (Å²) in [5.74, 6) is -0.214. The van der Waals surface area contributed by atoms with Gasteiger partial charge in [-0.15, -0.1) is 0 Å². The first kappa shape index (κ1) is 21.5. The summed E-state index contributed by atoms with van der Waals surface area (Å²) in [6, 6.07) is 17.7. The van der Waals surface area contributed by atoms with E-state index < -0.39 is 11.1 Å². The molecule has 0 spiro atoms. The molecule has 0 bridgehead atoms. The first-order chi connectivity index (χ1) is 15.5. The van der Waals surface area contributed by atoms with Gasteiger partial charge in [0.15, 0.2) is 5.65 Å². The van der Waals surface area contributed by atoms with Gasteiger partial charge in [0.25, 0.3) is 5.91 Å². The SMILES string of the molecule is CCn1c(=O)c(=O)n(Cc2ccc(C(=O)NCc3cccc(Cl)c3)cc2)c2cccnc21. The normalized spacial score (nSPS) is 10.9. The van der Waals surface area contributed by atoms with Gasteiger partial charge in [-0.1, -0.05) is 35.9 Å². The standard InChI is InChI=1S/C24H21ClN4O3/c1-2-28-21-20(7-4-12-26-21)29(24(32)23(28)31)15-16-8-10-18(11-9-16)22(30)27-14-17-5-3-6-19(25)13-17/h3-13H,2,14-15H2,1H3,(H,27,30). The largest absolute Gasteiger partial charge is 0.348 e. The third-order valence-electron chi connectivity index (χ3n) is 5.20. The summed E-state index contributed by atoms with van der Waals surface area (Å²) >= 11 is 5.97. The third-order valence-corrected chi connectivity index (χ3v) is 5.44. The second-order valence-corrected chi connectivity index (χ2v) is 7.73. The zero-order chi connectivity index (χ0) is 22.7. The predicted molar refractivity (Wildman–Crippen MR) is 124 cm³/mol. The maximum absolute atomic E-state index is 12.7. The quantitative estimate of drug-likeness (QED) is 0.459. The summed E-state index contributed by atoms with van der Waals surface area (Å²) in [5.41, 5.74) is 2.04. The molecule has 1 N–H and O–H groups in total. The van der Waals surface area contributed by atoms with Gasteiger partial charge in [0.1, 0.15) is 0 Å². The van der Waals surface area contributed by atoms with Gasteiger partial charge in [-0.2, -0.15) is 0 Å². The highest BCUT2D eigenvalue weighted by Crippen LogP contribution is 2.13. The molecule has 7 nitrogen and oxygen atoms in total. The van der Waals surface area contributed by atoms with E-state index in [9.17, 15) is 14.4 Å². The van der Waals surface area contributed by atoms with Gasteiger partial charge in [-0.25, -0.2) is 4.98 Å². The molecular weight excluding hydrogens is 428 g/mol. The van der Waals surface area contributed by atoms with Crippen LogP contribution in [0.4, 0.5) is 0 Å². The number of amides is 1. The van der Waals surface area contributed by atoms with Crippen molar-refractivity contribution in [2.24, 2.45) is 0 Å². The molecule has 2 heterocycles. The topological polar surface area (TPSA) is 86.0 Å². The minimum absolute atomic E-state index is 0.200. The van der Waals surface area contributed by atoms with Crippen LogP contribution in [0.2, 0.25) is 5.02 Å². The van der Waals surface area contributed by atoms with Crippen molar-refractivity contribution in [3.63, 3.8) is 0 Å². The van der Waals surface area contributed by atoms with Crippen molar-refractivity contribution < 1.29 is 4.79 Å². The Morgan fingerprint density at radius 1 is 0.969 bits per heavy atom. The Morgan fingerprint density at radius 2 is 1.72 bits per heavy atom. The molecule has 0 unspecified atom stereocenters. The van der Waals surface area contributed by atoms with Gasteiger partial charge >= 0.3 is 11.1 Å². The minimum Gasteiger partial charge on any atom is -0.348 e. The zero-order valence-corrected chi connectivity index (χ0v) is 18.2. The molecule has 4 rings (SSSR count). The number of nitrogens with zero attached hydrogens (tertiary/aromatic N) is 3. The molecule has 0 aliphatic heterocycles. The van der Waals surface area contributed by atoms with Crippen LogP contribution in [0.5, 0.6) is 0 Å². The van der Waals surface area contributed by atoms with E-state index in [2.05, 4.69) is 10.3 Å². The minimum atomic E-state index is -0.601. The van der Waals surface area contributed by atoms with Crippen LogP contribution in [-0.2, 0) is 19.6 Å². The van der Waals surface area contributed by atoms with Gasteiger partial charge < -0.3 is 5.32 Å². The maximum atomic E-state index is 12.7. The molecule has 2 aromatic heterocycles. The summed E-state index contributed by atoms with van der Waals surface area (Å²) < 4.78 is 2.80. The Bertz CT molecular complexity index is 1410. The lowest BCUT2D eigenvalue weighted by molar-refractivity contribution is 0.0951. The summed E-state index contributed by atoms with van der Waals surface area (Å²) in [5, 5.41) is 3.48. The molecule has 0 aliphatic carbocycles. The van der Waals surface area contributed by atoms with Crippen LogP contribution >= 0.6 is 11.6 Å². The lowest BCUT2D eigenvalue weighted by Gasteiger charge is -2.13. The summed E-state index contributed by atoms with van der Waals surface area (Å²) in [6.07, 6.45) is 1.60. The fourth-order valence-corrected chi connectivity index (χ4v) is 3.78. The molecule has 0 fully saturated rings. The number of hydrogen-bond donors (Lipinski definition) is 1. The number of aryl methyl sites for hydroxylation is 1. The van der Waals surface area contributed by atoms with Gasteiger partial charge in [0.2, 0.25) is 0 Å². The van der Waals surface area contributed by atoms with Gasteiger partial charge in [-0.3, -0.25) is 23.5 Å². The fourth-order valence-electron chi connectivity index (χ4n) is 3.57. The van der Waals surface area contributed by atoms with Crippen LogP contribution in [0.15, 0.2) is 76.4 Å². The summed E-state index contributed by atoms with van der Waals surface area (Å²) in [6.45, 7) is 2.73. The molecule has 32 heavy (non-hydrogen) atoms. The fraction of sp³-hybridized carbons (Fsp3) is 0.167. The van der Waals surface area contributed by atoms with Crippen molar-refractivity contribution in [2.75, 3.05) is 0 Å². The van der Waals surface area contributed by atoms with E-state index in [4.69, 9.17) is 11.6 Å². The molecular formula is C24H21ClN4O3. The number of rotatable bonds is 6. The average molecular weight is 449 g/mol. The molecule has 162 valence electrons. The molecule has 0 saturated carbocycles. The van der Waals surface area contributed by atoms with Crippen LogP contribution < -0.4 is 16.4 Å². The van der Waals surface area contributed by atoms with Crippen molar-refractivity contribution in [3.05, 3.63) is 109 Å². The second kappa shape index (κ2) is 9.20. The van der Waals surface area contributed by atoms with Crippen LogP contribution in [0.3, 0.4) is 0 Å². The Hall–Kier alpha value is -3.71. The number of aromatic nitrogens is 3. The van der Waals surface area contributed by atoms with E-state index in [1.54, 1.807) is 61.7 Å². The van der Waals surface area contributed by atoms with Crippen LogP contribution in [0.25, 0.3) is 11.2 Å². The van der Waals surface area contributed by atoms with Crippen LogP contribution in [0, 0.1) is 0 Å². The van der Waals surface area contributed by atoms with Crippen molar-refractivity contribution >= 4 is 28.7 Å². The van der Waals surface area contributed by atoms with E-state index in [-0.39, 0.29) is 12.5 Å². The van der Waals surface area contributed by atoms with Crippen LogP contribution in [0.1, 0.15) is 28.4 Å². The third kappa shape index (κ3) is 4.33. The smallest absolute Gasteiger partial charge is 0.318 e. The number of pyridine rings is 1. The number of nitrogens with one attached hydrogen (secondary N) is 1. The molecule has 0 saturated heterocycles. The average Bonchev–Trinajstić information content (AvgIpc) is 2.81. The molecule has 1 amide bonds. The highest BCUT2D eigenvalue weighted by atomic mass is 35.5. The number of benzene rings is 2. The highest BCUT2D eigenvalue weighted by molar-refractivity contribution is 6.30. The highest BCUT2D eigenvalue weighted by Gasteiger charge is 2.13. The van der Waals surface area contributed by atoms with Gasteiger partial charge in [-0.05, 0) is 54.4 Å². The Morgan fingerprint density at radius 3 is 2.44 bits per heavy atom. The molecule has 0 atom stereocenters. The molecule has 8 heteroatoms. The van der Waals surface area contributed by atoms with E-state index in [1.807, 2.05) is 12.1 Å². The van der Waals surface area contributed by atoms with E-state index in [0.29, 0.717) is 34.8 Å². The molecule has 0 aliphatic rings. The van der Waals surface area contributed by atoms with E-state index in [1.165, 1.54) is 9.13 Å². The van der Waals surface area contributed by atoms with Crippen molar-refractivity contribution in [3.8, 4) is 0 Å². The lowest BCUT2D eigenvalue weighted by Crippen LogP contribution is -2.41. The van der Waals surface area contributed by atoms with E-state index in [0.717, 1.165) is 11.1 Å². The number of carbonyl (C=O) groups is 1. The Kier molecular flexibility index (Phi) is 6.18. The van der Waals surface area contributed by atoms with Gasteiger partial charge in [0.05, 0.1) is 12.1 Å². The lowest BCUT2D eigenvalue weighted by atomic mass is 10.1. The number of carbonyl (C=O) groups excluding carboxylic acids is 1. The molecule has 4 aromatic rings. The van der Waals surface area contributed by atoms with Gasteiger partial charge in [0, 0.05) is 29.9 Å².